The summed E-state index contributed by atoms with van der Waals surface area (Å²) in [6, 6.07) is 10.8. The van der Waals surface area contributed by atoms with Gasteiger partial charge < -0.3 is 4.57 Å². The molecule has 22 heavy (non-hydrogen) atoms. The zero-order valence-electron chi connectivity index (χ0n) is 13.5. The van der Waals surface area contributed by atoms with Crippen LogP contribution in [0.2, 0.25) is 0 Å². The van der Waals surface area contributed by atoms with E-state index in [1.165, 1.54) is 24.1 Å². The molecule has 0 radical (unpaired) electrons. The van der Waals surface area contributed by atoms with E-state index in [-0.39, 0.29) is 0 Å². The van der Waals surface area contributed by atoms with Gasteiger partial charge in [-0.15, -0.1) is 0 Å². The number of hydrogen-bond donors (Lipinski definition) is 0. The van der Waals surface area contributed by atoms with Crippen molar-refractivity contribution in [3.63, 3.8) is 0 Å². The minimum absolute atomic E-state index is 0.367. The second-order valence-corrected chi connectivity index (χ2v) is 6.26. The van der Waals surface area contributed by atoms with E-state index >= 15 is 0 Å². The predicted octanol–water partition coefficient (Wildman–Crippen LogP) is 3.18. The number of rotatable bonds is 5. The topological polar surface area (TPSA) is 44.9 Å². The minimum Gasteiger partial charge on any atom is -0.340 e. The Morgan fingerprint density at radius 1 is 1.45 bits per heavy atom. The SMILES string of the molecule is Cc1c(CN(C)C(c2ccccn2)C2CC2)cc(C#N)n1C. The van der Waals surface area contributed by atoms with Gasteiger partial charge in [-0.3, -0.25) is 9.88 Å². The average Bonchev–Trinajstić information content (AvgIpc) is 3.32. The quantitative estimate of drug-likeness (QED) is 0.850. The van der Waals surface area contributed by atoms with Crippen molar-refractivity contribution >= 4 is 0 Å². The fourth-order valence-electron chi connectivity index (χ4n) is 3.19. The third kappa shape index (κ3) is 2.77. The van der Waals surface area contributed by atoms with Crippen LogP contribution in [0.25, 0.3) is 0 Å². The van der Waals surface area contributed by atoms with E-state index in [1.54, 1.807) is 0 Å². The molecule has 114 valence electrons. The first-order valence-corrected chi connectivity index (χ1v) is 7.78. The van der Waals surface area contributed by atoms with Crippen LogP contribution in [0.5, 0.6) is 0 Å². The molecule has 0 saturated heterocycles. The van der Waals surface area contributed by atoms with Crippen molar-refractivity contribution in [3.8, 4) is 6.07 Å². The second-order valence-electron chi connectivity index (χ2n) is 6.26. The minimum atomic E-state index is 0.367. The van der Waals surface area contributed by atoms with Gasteiger partial charge in [0.25, 0.3) is 0 Å². The lowest BCUT2D eigenvalue weighted by Crippen LogP contribution is -2.26. The molecule has 1 saturated carbocycles. The normalized spacial score (nSPS) is 15.8. The average molecular weight is 294 g/mol. The van der Waals surface area contributed by atoms with Gasteiger partial charge in [0.15, 0.2) is 0 Å². The lowest BCUT2D eigenvalue weighted by atomic mass is 10.1. The van der Waals surface area contributed by atoms with Gasteiger partial charge in [0.2, 0.25) is 0 Å². The van der Waals surface area contributed by atoms with Crippen LogP contribution in [0.3, 0.4) is 0 Å². The number of hydrogen-bond acceptors (Lipinski definition) is 3. The van der Waals surface area contributed by atoms with Gasteiger partial charge in [-0.25, -0.2) is 0 Å². The Labute approximate surface area is 132 Å². The van der Waals surface area contributed by atoms with Gasteiger partial charge >= 0.3 is 0 Å². The highest BCUT2D eigenvalue weighted by atomic mass is 15.2. The Balaban J connectivity index is 1.83. The summed E-state index contributed by atoms with van der Waals surface area (Å²) in [7, 11) is 4.12. The number of pyridine rings is 1. The van der Waals surface area contributed by atoms with E-state index in [9.17, 15) is 5.26 Å². The van der Waals surface area contributed by atoms with Crippen LogP contribution in [0, 0.1) is 24.2 Å². The van der Waals surface area contributed by atoms with E-state index in [2.05, 4.69) is 42.1 Å². The Bertz CT molecular complexity index is 692. The van der Waals surface area contributed by atoms with E-state index in [0.717, 1.165) is 17.9 Å². The van der Waals surface area contributed by atoms with Crippen LogP contribution in [0.1, 0.15) is 41.5 Å². The fraction of sp³-hybridized carbons (Fsp3) is 0.444. The zero-order valence-corrected chi connectivity index (χ0v) is 13.5. The summed E-state index contributed by atoms with van der Waals surface area (Å²) in [6.45, 7) is 2.93. The maximum atomic E-state index is 9.18. The van der Waals surface area contributed by atoms with Crippen LogP contribution >= 0.6 is 0 Å². The molecule has 1 aliphatic carbocycles. The molecule has 0 N–H and O–H groups in total. The lowest BCUT2D eigenvalue weighted by Gasteiger charge is -2.27. The van der Waals surface area contributed by atoms with Crippen LogP contribution < -0.4 is 0 Å². The molecule has 1 aliphatic rings. The first-order chi connectivity index (χ1) is 10.6. The largest absolute Gasteiger partial charge is 0.340 e. The lowest BCUT2D eigenvalue weighted by molar-refractivity contribution is 0.207. The van der Waals surface area contributed by atoms with Crippen LogP contribution in [0.15, 0.2) is 30.5 Å². The highest BCUT2D eigenvalue weighted by Crippen LogP contribution is 2.44. The Hall–Kier alpha value is -2.12. The van der Waals surface area contributed by atoms with Crippen molar-refractivity contribution in [2.75, 3.05) is 7.05 Å². The predicted molar refractivity (Wildman–Crippen MR) is 86.0 cm³/mol. The zero-order chi connectivity index (χ0) is 15.7. The number of aromatic nitrogens is 2. The standard InChI is InChI=1S/C18H22N4/c1-13-15(10-16(11-19)22(13)3)12-21(2)18(14-7-8-14)17-6-4-5-9-20-17/h4-6,9-10,14,18H,7-8,12H2,1-3H3. The monoisotopic (exact) mass is 294 g/mol. The Morgan fingerprint density at radius 2 is 2.23 bits per heavy atom. The number of nitriles is 1. The highest BCUT2D eigenvalue weighted by Gasteiger charge is 2.36. The Morgan fingerprint density at radius 3 is 2.77 bits per heavy atom. The molecule has 0 aliphatic heterocycles. The molecule has 4 heteroatoms. The van der Waals surface area contributed by atoms with Crippen molar-refractivity contribution in [2.24, 2.45) is 13.0 Å². The number of nitrogens with zero attached hydrogens (tertiary/aromatic N) is 4. The molecule has 2 aromatic heterocycles. The molecule has 1 atom stereocenters. The first-order valence-electron chi connectivity index (χ1n) is 7.78. The molecule has 4 nitrogen and oxygen atoms in total. The first kappa shape index (κ1) is 14.8. The molecule has 2 aromatic rings. The molecule has 0 bridgehead atoms. The summed E-state index contributed by atoms with van der Waals surface area (Å²) in [6.07, 6.45) is 4.44. The molecule has 3 rings (SSSR count). The van der Waals surface area contributed by atoms with Crippen LogP contribution in [-0.2, 0) is 13.6 Å². The van der Waals surface area contributed by atoms with Gasteiger partial charge in [-0.1, -0.05) is 6.07 Å². The smallest absolute Gasteiger partial charge is 0.120 e. The maximum Gasteiger partial charge on any atom is 0.120 e. The summed E-state index contributed by atoms with van der Waals surface area (Å²) in [4.78, 5) is 6.94. The van der Waals surface area contributed by atoms with Gasteiger partial charge in [-0.05, 0) is 56.5 Å². The van der Waals surface area contributed by atoms with Crippen LogP contribution in [0.4, 0.5) is 0 Å². The second kappa shape index (κ2) is 5.94. The van der Waals surface area contributed by atoms with E-state index in [1.807, 2.05) is 29.9 Å². The summed E-state index contributed by atoms with van der Waals surface area (Å²) >= 11 is 0. The highest BCUT2D eigenvalue weighted by molar-refractivity contribution is 5.34. The molecule has 0 amide bonds. The summed E-state index contributed by atoms with van der Waals surface area (Å²) in [5.41, 5.74) is 4.27. The summed E-state index contributed by atoms with van der Waals surface area (Å²) < 4.78 is 1.97. The van der Waals surface area contributed by atoms with E-state index in [0.29, 0.717) is 12.0 Å². The maximum absolute atomic E-state index is 9.18. The molecular formula is C18H22N4. The van der Waals surface area contributed by atoms with Crippen molar-refractivity contribution in [1.29, 1.82) is 5.26 Å². The van der Waals surface area contributed by atoms with Gasteiger partial charge in [0.1, 0.15) is 11.8 Å². The van der Waals surface area contributed by atoms with Gasteiger partial charge in [-0.2, -0.15) is 5.26 Å². The molecule has 1 unspecified atom stereocenters. The van der Waals surface area contributed by atoms with Gasteiger partial charge in [0, 0.05) is 25.5 Å². The molecule has 1 fully saturated rings. The third-order valence-electron chi connectivity index (χ3n) is 4.71. The molecular weight excluding hydrogens is 272 g/mol. The summed E-state index contributed by atoms with van der Waals surface area (Å²) in [5.74, 6) is 0.708. The Kier molecular flexibility index (Phi) is 4.00. The van der Waals surface area contributed by atoms with Crippen molar-refractivity contribution < 1.29 is 0 Å². The van der Waals surface area contributed by atoms with Gasteiger partial charge in [0.05, 0.1) is 11.7 Å². The van der Waals surface area contributed by atoms with Crippen molar-refractivity contribution in [2.45, 2.75) is 32.4 Å². The fourth-order valence-corrected chi connectivity index (χ4v) is 3.19. The summed E-state index contributed by atoms with van der Waals surface area (Å²) in [5, 5.41) is 9.18. The van der Waals surface area contributed by atoms with E-state index < -0.39 is 0 Å². The molecule has 2 heterocycles. The molecule has 0 aromatic carbocycles. The van der Waals surface area contributed by atoms with Crippen LogP contribution in [-0.4, -0.2) is 21.5 Å². The molecule has 0 spiro atoms. The van der Waals surface area contributed by atoms with Crippen molar-refractivity contribution in [1.82, 2.24) is 14.5 Å². The third-order valence-corrected chi connectivity index (χ3v) is 4.71. The van der Waals surface area contributed by atoms with E-state index in [4.69, 9.17) is 0 Å². The van der Waals surface area contributed by atoms with Crippen molar-refractivity contribution in [3.05, 3.63) is 53.1 Å².